The minimum Gasteiger partial charge on any atom is -0.207 e. The molecule has 0 aliphatic rings. The standard InChI is InChI=1S/C11H14BrClINO2S/c1-7(2)10(6-14)15-18(16,17)11-4-3-8(12)5-9(11)13/h3-5,7,10,15H,6H2,1-2H3. The molecule has 0 aliphatic carbocycles. The fourth-order valence-corrected chi connectivity index (χ4v) is 5.26. The third-order valence-corrected chi connectivity index (χ3v) is 5.88. The first-order chi connectivity index (χ1) is 8.27. The Hall–Kier alpha value is 0.630. The summed E-state index contributed by atoms with van der Waals surface area (Å²) < 4.78 is 28.6. The molecular formula is C11H14BrClINO2S. The second-order valence-electron chi connectivity index (χ2n) is 4.20. The SMILES string of the molecule is CC(C)C(CI)NS(=O)(=O)c1ccc(Br)cc1Cl. The van der Waals surface area contributed by atoms with Crippen LogP contribution < -0.4 is 4.72 Å². The largest absolute Gasteiger partial charge is 0.242 e. The second-order valence-corrected chi connectivity index (χ2v) is 8.09. The number of benzene rings is 1. The van der Waals surface area contributed by atoms with E-state index in [1.165, 1.54) is 6.07 Å². The van der Waals surface area contributed by atoms with E-state index in [-0.39, 0.29) is 21.9 Å². The van der Waals surface area contributed by atoms with Crippen LogP contribution in [0, 0.1) is 5.92 Å². The summed E-state index contributed by atoms with van der Waals surface area (Å²) >= 11 is 11.4. The highest BCUT2D eigenvalue weighted by atomic mass is 127. The van der Waals surface area contributed by atoms with Crippen molar-refractivity contribution in [3.05, 3.63) is 27.7 Å². The molecule has 0 aromatic heterocycles. The van der Waals surface area contributed by atoms with E-state index in [1.807, 2.05) is 13.8 Å². The summed E-state index contributed by atoms with van der Waals surface area (Å²) in [5.74, 6) is 0.228. The first-order valence-electron chi connectivity index (χ1n) is 5.31. The van der Waals surface area contributed by atoms with Crippen LogP contribution in [-0.4, -0.2) is 18.9 Å². The number of halogens is 3. The predicted octanol–water partition coefficient (Wildman–Crippen LogP) is 3.84. The number of hydrogen-bond acceptors (Lipinski definition) is 2. The lowest BCUT2D eigenvalue weighted by Crippen LogP contribution is -2.39. The Morgan fingerprint density at radius 2 is 2.06 bits per heavy atom. The van der Waals surface area contributed by atoms with Crippen molar-refractivity contribution in [1.82, 2.24) is 4.72 Å². The van der Waals surface area contributed by atoms with E-state index in [9.17, 15) is 8.42 Å². The van der Waals surface area contributed by atoms with Crippen molar-refractivity contribution in [3.63, 3.8) is 0 Å². The molecule has 1 aromatic carbocycles. The van der Waals surface area contributed by atoms with Gasteiger partial charge in [0.15, 0.2) is 0 Å². The average Bonchev–Trinajstić information content (AvgIpc) is 2.24. The van der Waals surface area contributed by atoms with E-state index in [1.54, 1.807) is 12.1 Å². The lowest BCUT2D eigenvalue weighted by Gasteiger charge is -2.20. The lowest BCUT2D eigenvalue weighted by molar-refractivity contribution is 0.486. The quantitative estimate of drug-likeness (QED) is 0.530. The van der Waals surface area contributed by atoms with E-state index in [2.05, 4.69) is 43.2 Å². The molecule has 1 atom stereocenters. The molecule has 0 saturated heterocycles. The second kappa shape index (κ2) is 6.88. The van der Waals surface area contributed by atoms with Gasteiger partial charge < -0.3 is 0 Å². The van der Waals surface area contributed by atoms with Gasteiger partial charge in [0.05, 0.1) is 5.02 Å². The zero-order chi connectivity index (χ0) is 13.9. The van der Waals surface area contributed by atoms with Gasteiger partial charge in [0.25, 0.3) is 0 Å². The molecule has 1 unspecified atom stereocenters. The van der Waals surface area contributed by atoms with Crippen LogP contribution in [0.5, 0.6) is 0 Å². The number of nitrogens with one attached hydrogen (secondary N) is 1. The first-order valence-corrected chi connectivity index (χ1v) is 9.49. The van der Waals surface area contributed by atoms with E-state index in [0.717, 1.165) is 4.47 Å². The molecule has 0 spiro atoms. The van der Waals surface area contributed by atoms with Gasteiger partial charge in [0, 0.05) is 14.9 Å². The molecule has 0 fully saturated rings. The van der Waals surface area contributed by atoms with Gasteiger partial charge in [-0.25, -0.2) is 13.1 Å². The van der Waals surface area contributed by atoms with Crippen LogP contribution in [0.4, 0.5) is 0 Å². The zero-order valence-corrected chi connectivity index (χ0v) is 15.3. The molecule has 0 amide bonds. The molecular weight excluding hydrogens is 452 g/mol. The minimum atomic E-state index is -3.57. The van der Waals surface area contributed by atoms with Crippen LogP contribution in [-0.2, 0) is 10.0 Å². The topological polar surface area (TPSA) is 46.2 Å². The Morgan fingerprint density at radius 3 is 2.50 bits per heavy atom. The van der Waals surface area contributed by atoms with Crippen molar-refractivity contribution in [2.75, 3.05) is 4.43 Å². The van der Waals surface area contributed by atoms with Crippen LogP contribution in [0.3, 0.4) is 0 Å². The van der Waals surface area contributed by atoms with Crippen molar-refractivity contribution in [1.29, 1.82) is 0 Å². The summed E-state index contributed by atoms with van der Waals surface area (Å²) in [7, 11) is -3.57. The lowest BCUT2D eigenvalue weighted by atomic mass is 10.1. The Labute approximate surface area is 135 Å². The Bertz CT molecular complexity index is 522. The van der Waals surface area contributed by atoms with Gasteiger partial charge in [-0.05, 0) is 24.1 Å². The first kappa shape index (κ1) is 16.7. The number of alkyl halides is 1. The number of rotatable bonds is 5. The molecule has 1 aromatic rings. The molecule has 1 rings (SSSR count). The summed E-state index contributed by atoms with van der Waals surface area (Å²) in [5, 5.41) is 0.216. The molecule has 102 valence electrons. The molecule has 0 bridgehead atoms. The fourth-order valence-electron chi connectivity index (χ4n) is 1.30. The molecule has 7 heteroatoms. The summed E-state index contributed by atoms with van der Waals surface area (Å²) in [6.07, 6.45) is 0. The monoisotopic (exact) mass is 465 g/mol. The van der Waals surface area contributed by atoms with Gasteiger partial charge in [0.1, 0.15) is 4.90 Å². The van der Waals surface area contributed by atoms with Gasteiger partial charge in [-0.2, -0.15) is 0 Å². The van der Waals surface area contributed by atoms with Crippen LogP contribution >= 0.6 is 50.1 Å². The molecule has 18 heavy (non-hydrogen) atoms. The maximum atomic E-state index is 12.2. The van der Waals surface area contributed by atoms with Gasteiger partial charge in [0.2, 0.25) is 10.0 Å². The highest BCUT2D eigenvalue weighted by Crippen LogP contribution is 2.25. The van der Waals surface area contributed by atoms with Crippen molar-refractivity contribution in [3.8, 4) is 0 Å². The Morgan fingerprint density at radius 1 is 1.44 bits per heavy atom. The summed E-state index contributed by atoms with van der Waals surface area (Å²) in [6, 6.07) is 4.63. The average molecular weight is 467 g/mol. The van der Waals surface area contributed by atoms with Crippen LogP contribution in [0.2, 0.25) is 5.02 Å². The van der Waals surface area contributed by atoms with E-state index in [4.69, 9.17) is 11.6 Å². The maximum Gasteiger partial charge on any atom is 0.242 e. The predicted molar refractivity (Wildman–Crippen MR) is 87.0 cm³/mol. The van der Waals surface area contributed by atoms with Gasteiger partial charge in [-0.15, -0.1) is 0 Å². The highest BCUT2D eigenvalue weighted by molar-refractivity contribution is 14.1. The third kappa shape index (κ3) is 4.33. The van der Waals surface area contributed by atoms with Gasteiger partial charge >= 0.3 is 0 Å². The smallest absolute Gasteiger partial charge is 0.207 e. The number of sulfonamides is 1. The van der Waals surface area contributed by atoms with Crippen LogP contribution in [0.15, 0.2) is 27.6 Å². The van der Waals surface area contributed by atoms with Crippen molar-refractivity contribution >= 4 is 60.1 Å². The fraction of sp³-hybridized carbons (Fsp3) is 0.455. The van der Waals surface area contributed by atoms with Gasteiger partial charge in [-0.1, -0.05) is 64.0 Å². The maximum absolute atomic E-state index is 12.2. The van der Waals surface area contributed by atoms with E-state index in [0.29, 0.717) is 4.43 Å². The minimum absolute atomic E-state index is 0.102. The summed E-state index contributed by atoms with van der Waals surface area (Å²) in [6.45, 7) is 3.96. The molecule has 3 nitrogen and oxygen atoms in total. The molecule has 1 N–H and O–H groups in total. The number of hydrogen-bond donors (Lipinski definition) is 1. The molecule has 0 aliphatic heterocycles. The van der Waals surface area contributed by atoms with Crippen molar-refractivity contribution < 1.29 is 8.42 Å². The summed E-state index contributed by atoms with van der Waals surface area (Å²) in [5.41, 5.74) is 0. The van der Waals surface area contributed by atoms with Crippen LogP contribution in [0.25, 0.3) is 0 Å². The van der Waals surface area contributed by atoms with Crippen LogP contribution in [0.1, 0.15) is 13.8 Å². The molecule has 0 radical (unpaired) electrons. The summed E-state index contributed by atoms with van der Waals surface area (Å²) in [4.78, 5) is 0.114. The normalized spacial score (nSPS) is 13.9. The van der Waals surface area contributed by atoms with E-state index < -0.39 is 10.0 Å². The van der Waals surface area contributed by atoms with Crippen molar-refractivity contribution in [2.45, 2.75) is 24.8 Å². The zero-order valence-electron chi connectivity index (χ0n) is 9.95. The Balaban J connectivity index is 3.06. The third-order valence-electron chi connectivity index (χ3n) is 2.46. The molecule has 0 heterocycles. The van der Waals surface area contributed by atoms with Crippen molar-refractivity contribution in [2.24, 2.45) is 5.92 Å². The highest BCUT2D eigenvalue weighted by Gasteiger charge is 2.23. The van der Waals surface area contributed by atoms with E-state index >= 15 is 0 Å². The van der Waals surface area contributed by atoms with Gasteiger partial charge in [-0.3, -0.25) is 0 Å². The Kier molecular flexibility index (Phi) is 6.37. The molecule has 0 saturated carbocycles.